The standard InChI is InChI=1S/C20H17FN4/c1-13-11-17-19(22-12-14-7-9-16(21)10-8-14)24-18(25-20(17)23-13)15-5-3-2-4-6-15/h2-11H,12H2,1H3,(H2,22,23,24,25). The first-order valence-corrected chi connectivity index (χ1v) is 8.10. The van der Waals surface area contributed by atoms with Gasteiger partial charge in [0.2, 0.25) is 0 Å². The van der Waals surface area contributed by atoms with E-state index in [0.29, 0.717) is 12.4 Å². The van der Waals surface area contributed by atoms with Gasteiger partial charge in [-0.05, 0) is 30.7 Å². The molecule has 0 unspecified atom stereocenters. The van der Waals surface area contributed by atoms with E-state index in [1.165, 1.54) is 12.1 Å². The number of anilines is 1. The molecule has 0 aliphatic heterocycles. The van der Waals surface area contributed by atoms with Crippen LogP contribution in [-0.2, 0) is 6.54 Å². The lowest BCUT2D eigenvalue weighted by molar-refractivity contribution is 0.627. The van der Waals surface area contributed by atoms with Crippen LogP contribution in [0.5, 0.6) is 0 Å². The lowest BCUT2D eigenvalue weighted by atomic mass is 10.2. The molecule has 0 aliphatic rings. The molecular formula is C20H17FN4. The molecule has 0 bridgehead atoms. The Morgan fingerprint density at radius 2 is 1.76 bits per heavy atom. The third kappa shape index (κ3) is 3.21. The summed E-state index contributed by atoms with van der Waals surface area (Å²) in [6, 6.07) is 18.4. The Hall–Kier alpha value is -3.21. The van der Waals surface area contributed by atoms with E-state index in [4.69, 9.17) is 4.98 Å². The summed E-state index contributed by atoms with van der Waals surface area (Å²) in [4.78, 5) is 12.6. The molecule has 0 atom stereocenters. The van der Waals surface area contributed by atoms with Gasteiger partial charge < -0.3 is 10.3 Å². The number of H-pyrrole nitrogens is 1. The zero-order valence-corrected chi connectivity index (χ0v) is 13.8. The number of nitrogens with one attached hydrogen (secondary N) is 2. The third-order valence-electron chi connectivity index (χ3n) is 4.03. The molecule has 0 amide bonds. The van der Waals surface area contributed by atoms with Crippen LogP contribution < -0.4 is 5.32 Å². The molecule has 4 nitrogen and oxygen atoms in total. The molecule has 2 N–H and O–H groups in total. The molecule has 2 heterocycles. The van der Waals surface area contributed by atoms with Crippen molar-refractivity contribution in [3.8, 4) is 11.4 Å². The minimum absolute atomic E-state index is 0.235. The maximum absolute atomic E-state index is 13.1. The van der Waals surface area contributed by atoms with Crippen LogP contribution in [0.15, 0.2) is 60.7 Å². The topological polar surface area (TPSA) is 53.6 Å². The molecule has 0 radical (unpaired) electrons. The summed E-state index contributed by atoms with van der Waals surface area (Å²) in [5, 5.41) is 4.30. The molecule has 0 saturated heterocycles. The molecule has 4 rings (SSSR count). The van der Waals surface area contributed by atoms with Crippen LogP contribution in [0.4, 0.5) is 10.2 Å². The van der Waals surface area contributed by atoms with Gasteiger partial charge >= 0.3 is 0 Å². The second-order valence-corrected chi connectivity index (χ2v) is 5.96. The van der Waals surface area contributed by atoms with Crippen molar-refractivity contribution in [1.29, 1.82) is 0 Å². The van der Waals surface area contributed by atoms with Crippen molar-refractivity contribution in [2.24, 2.45) is 0 Å². The van der Waals surface area contributed by atoms with Crippen molar-refractivity contribution < 1.29 is 4.39 Å². The Morgan fingerprint density at radius 3 is 2.52 bits per heavy atom. The summed E-state index contributed by atoms with van der Waals surface area (Å²) < 4.78 is 13.1. The molecule has 0 spiro atoms. The Bertz CT molecular complexity index is 1010. The summed E-state index contributed by atoms with van der Waals surface area (Å²) in [6.07, 6.45) is 0. The fraction of sp³-hybridized carbons (Fsp3) is 0.100. The maximum Gasteiger partial charge on any atom is 0.163 e. The van der Waals surface area contributed by atoms with Gasteiger partial charge in [0.15, 0.2) is 5.82 Å². The highest BCUT2D eigenvalue weighted by Crippen LogP contribution is 2.25. The normalized spacial score (nSPS) is 11.0. The first-order chi connectivity index (χ1) is 12.2. The Labute approximate surface area is 144 Å². The first-order valence-electron chi connectivity index (χ1n) is 8.10. The van der Waals surface area contributed by atoms with E-state index in [1.54, 1.807) is 12.1 Å². The first kappa shape index (κ1) is 15.3. The zero-order valence-electron chi connectivity index (χ0n) is 13.8. The summed E-state index contributed by atoms with van der Waals surface area (Å²) in [7, 11) is 0. The van der Waals surface area contributed by atoms with Gasteiger partial charge in [-0.1, -0.05) is 42.5 Å². The van der Waals surface area contributed by atoms with Gasteiger partial charge in [0.1, 0.15) is 17.3 Å². The molecule has 0 aliphatic carbocycles. The van der Waals surface area contributed by atoms with Crippen molar-refractivity contribution >= 4 is 16.9 Å². The SMILES string of the molecule is Cc1cc2c(NCc3ccc(F)cc3)nc(-c3ccccc3)nc2[nH]1. The number of aryl methyl sites for hydroxylation is 1. The van der Waals surface area contributed by atoms with Gasteiger partial charge in [0, 0.05) is 17.8 Å². The highest BCUT2D eigenvalue weighted by Gasteiger charge is 2.11. The summed E-state index contributed by atoms with van der Waals surface area (Å²) >= 11 is 0. The Kier molecular flexibility index (Phi) is 3.90. The minimum Gasteiger partial charge on any atom is -0.365 e. The van der Waals surface area contributed by atoms with Crippen LogP contribution in [-0.4, -0.2) is 15.0 Å². The lowest BCUT2D eigenvalue weighted by Crippen LogP contribution is -2.04. The highest BCUT2D eigenvalue weighted by atomic mass is 19.1. The molecule has 2 aromatic heterocycles. The van der Waals surface area contributed by atoms with Crippen molar-refractivity contribution in [3.63, 3.8) is 0 Å². The average Bonchev–Trinajstić information content (AvgIpc) is 3.02. The van der Waals surface area contributed by atoms with E-state index in [1.807, 2.05) is 43.3 Å². The molecule has 25 heavy (non-hydrogen) atoms. The maximum atomic E-state index is 13.1. The fourth-order valence-corrected chi connectivity index (χ4v) is 2.78. The van der Waals surface area contributed by atoms with Gasteiger partial charge in [-0.25, -0.2) is 14.4 Å². The zero-order chi connectivity index (χ0) is 17.2. The highest BCUT2D eigenvalue weighted by molar-refractivity contribution is 5.89. The van der Waals surface area contributed by atoms with E-state index < -0.39 is 0 Å². The van der Waals surface area contributed by atoms with Crippen molar-refractivity contribution in [2.75, 3.05) is 5.32 Å². The van der Waals surface area contributed by atoms with Gasteiger partial charge in [-0.15, -0.1) is 0 Å². The molecule has 0 fully saturated rings. The van der Waals surface area contributed by atoms with E-state index >= 15 is 0 Å². The number of fused-ring (bicyclic) bond motifs is 1. The van der Waals surface area contributed by atoms with Crippen LogP contribution in [0, 0.1) is 12.7 Å². The van der Waals surface area contributed by atoms with Crippen LogP contribution in [0.25, 0.3) is 22.4 Å². The summed E-state index contributed by atoms with van der Waals surface area (Å²) in [5.41, 5.74) is 3.77. The summed E-state index contributed by atoms with van der Waals surface area (Å²) in [6.45, 7) is 2.55. The van der Waals surface area contributed by atoms with Crippen molar-refractivity contribution in [2.45, 2.75) is 13.5 Å². The average molecular weight is 332 g/mol. The van der Waals surface area contributed by atoms with Gasteiger partial charge in [-0.3, -0.25) is 0 Å². The van der Waals surface area contributed by atoms with E-state index in [2.05, 4.69) is 15.3 Å². The number of rotatable bonds is 4. The Morgan fingerprint density at radius 1 is 1.00 bits per heavy atom. The molecule has 2 aromatic carbocycles. The molecule has 0 saturated carbocycles. The molecule has 4 aromatic rings. The van der Waals surface area contributed by atoms with Crippen molar-refractivity contribution in [1.82, 2.24) is 15.0 Å². The second kappa shape index (κ2) is 6.36. The monoisotopic (exact) mass is 332 g/mol. The summed E-state index contributed by atoms with van der Waals surface area (Å²) in [5.74, 6) is 1.19. The van der Waals surface area contributed by atoms with Crippen LogP contribution in [0.1, 0.15) is 11.3 Å². The lowest BCUT2D eigenvalue weighted by Gasteiger charge is -2.09. The minimum atomic E-state index is -0.235. The van der Waals surface area contributed by atoms with E-state index in [-0.39, 0.29) is 5.82 Å². The molecular weight excluding hydrogens is 315 g/mol. The largest absolute Gasteiger partial charge is 0.365 e. The van der Waals surface area contributed by atoms with E-state index in [9.17, 15) is 4.39 Å². The smallest absolute Gasteiger partial charge is 0.163 e. The number of hydrogen-bond donors (Lipinski definition) is 2. The molecule has 5 heteroatoms. The number of benzene rings is 2. The van der Waals surface area contributed by atoms with Gasteiger partial charge in [-0.2, -0.15) is 0 Å². The van der Waals surface area contributed by atoms with Crippen LogP contribution in [0.3, 0.4) is 0 Å². The third-order valence-corrected chi connectivity index (χ3v) is 4.03. The number of halogens is 1. The molecule has 124 valence electrons. The second-order valence-electron chi connectivity index (χ2n) is 5.96. The van der Waals surface area contributed by atoms with Gasteiger partial charge in [0.25, 0.3) is 0 Å². The quantitative estimate of drug-likeness (QED) is 0.570. The van der Waals surface area contributed by atoms with Crippen molar-refractivity contribution in [3.05, 3.63) is 77.7 Å². The number of aromatic nitrogens is 3. The fourth-order valence-electron chi connectivity index (χ4n) is 2.78. The van der Waals surface area contributed by atoms with Crippen LogP contribution >= 0.6 is 0 Å². The number of hydrogen-bond acceptors (Lipinski definition) is 3. The number of aromatic amines is 1. The van der Waals surface area contributed by atoms with E-state index in [0.717, 1.165) is 33.7 Å². The predicted molar refractivity (Wildman–Crippen MR) is 97.8 cm³/mol. The number of nitrogens with zero attached hydrogens (tertiary/aromatic N) is 2. The Balaban J connectivity index is 1.72. The predicted octanol–water partition coefficient (Wildman–Crippen LogP) is 4.68. The van der Waals surface area contributed by atoms with Crippen LogP contribution in [0.2, 0.25) is 0 Å². The van der Waals surface area contributed by atoms with Gasteiger partial charge in [0.05, 0.1) is 5.39 Å².